The lowest BCUT2D eigenvalue weighted by Crippen LogP contribution is -3.13. The van der Waals surface area contributed by atoms with Crippen LogP contribution in [0.2, 0.25) is 0 Å². The van der Waals surface area contributed by atoms with Crippen LogP contribution in [0.25, 0.3) is 10.2 Å². The van der Waals surface area contributed by atoms with E-state index in [1.807, 2.05) is 37.3 Å². The Balaban J connectivity index is 1.41. The fourth-order valence-electron chi connectivity index (χ4n) is 3.29. The van der Waals surface area contributed by atoms with Crippen LogP contribution in [-0.2, 0) is 16.6 Å². The largest absolute Gasteiger partial charge is 0.327 e. The van der Waals surface area contributed by atoms with E-state index in [9.17, 15) is 8.42 Å². The Morgan fingerprint density at radius 1 is 1.08 bits per heavy atom. The molecule has 2 heterocycles. The maximum atomic E-state index is 12.8. The number of sulfonamides is 1. The quantitative estimate of drug-likeness (QED) is 0.740. The maximum absolute atomic E-state index is 12.8. The van der Waals surface area contributed by atoms with Crippen molar-refractivity contribution in [2.45, 2.75) is 18.4 Å². The summed E-state index contributed by atoms with van der Waals surface area (Å²) >= 11 is 1.73. The molecule has 0 spiro atoms. The average Bonchev–Trinajstić information content (AvgIpc) is 3.05. The zero-order valence-electron chi connectivity index (χ0n) is 14.7. The van der Waals surface area contributed by atoms with Gasteiger partial charge >= 0.3 is 0 Å². The zero-order valence-corrected chi connectivity index (χ0v) is 16.3. The molecule has 7 heteroatoms. The number of aryl methyl sites for hydroxylation is 1. The molecule has 0 saturated carbocycles. The molecule has 0 unspecified atom stereocenters. The molecule has 2 aromatic carbocycles. The van der Waals surface area contributed by atoms with E-state index in [1.54, 1.807) is 27.8 Å². The van der Waals surface area contributed by atoms with E-state index >= 15 is 0 Å². The third-order valence-corrected chi connectivity index (χ3v) is 7.78. The molecule has 0 radical (unpaired) electrons. The number of aromatic nitrogens is 1. The van der Waals surface area contributed by atoms with Crippen molar-refractivity contribution in [2.75, 3.05) is 26.2 Å². The highest BCUT2D eigenvalue weighted by Gasteiger charge is 2.30. The second kappa shape index (κ2) is 7.08. The first-order chi connectivity index (χ1) is 12.5. The van der Waals surface area contributed by atoms with Crippen molar-refractivity contribution in [1.29, 1.82) is 0 Å². The SMILES string of the molecule is Cc1ccc(S(=O)(=O)N2CC[NH+](Cc3nc4ccccc4s3)CC2)cc1. The first kappa shape index (κ1) is 17.6. The topological polar surface area (TPSA) is 54.7 Å². The van der Waals surface area contributed by atoms with Gasteiger partial charge in [-0.2, -0.15) is 4.31 Å². The summed E-state index contributed by atoms with van der Waals surface area (Å²) in [5.41, 5.74) is 2.11. The first-order valence-electron chi connectivity index (χ1n) is 8.77. The predicted octanol–water partition coefficient (Wildman–Crippen LogP) is 1.69. The summed E-state index contributed by atoms with van der Waals surface area (Å²) in [6.45, 7) is 5.53. The lowest BCUT2D eigenvalue weighted by atomic mass is 10.2. The molecule has 5 nitrogen and oxygen atoms in total. The van der Waals surface area contributed by atoms with E-state index in [1.165, 1.54) is 9.60 Å². The number of fused-ring (bicyclic) bond motifs is 1. The van der Waals surface area contributed by atoms with Gasteiger partial charge in [-0.1, -0.05) is 29.8 Å². The van der Waals surface area contributed by atoms with E-state index in [-0.39, 0.29) is 0 Å². The molecule has 1 aromatic heterocycles. The molecule has 1 fully saturated rings. The monoisotopic (exact) mass is 388 g/mol. The van der Waals surface area contributed by atoms with E-state index in [4.69, 9.17) is 4.98 Å². The summed E-state index contributed by atoms with van der Waals surface area (Å²) in [5.74, 6) is 0. The fraction of sp³-hybridized carbons (Fsp3) is 0.316. The van der Waals surface area contributed by atoms with Gasteiger partial charge in [-0.05, 0) is 31.2 Å². The Morgan fingerprint density at radius 2 is 1.77 bits per heavy atom. The molecular formula is C19H22N3O2S2+. The van der Waals surface area contributed by atoms with E-state index in [0.717, 1.165) is 35.7 Å². The Kier molecular flexibility index (Phi) is 4.79. The van der Waals surface area contributed by atoms with Crippen LogP contribution in [0.1, 0.15) is 10.6 Å². The van der Waals surface area contributed by atoms with Crippen molar-refractivity contribution >= 4 is 31.6 Å². The van der Waals surface area contributed by atoms with Crippen LogP contribution in [0, 0.1) is 6.92 Å². The summed E-state index contributed by atoms with van der Waals surface area (Å²) in [4.78, 5) is 6.47. The first-order valence-corrected chi connectivity index (χ1v) is 11.0. The number of rotatable bonds is 4. The van der Waals surface area contributed by atoms with Crippen molar-refractivity contribution in [3.05, 3.63) is 59.1 Å². The lowest BCUT2D eigenvalue weighted by molar-refractivity contribution is -0.917. The van der Waals surface area contributed by atoms with Crippen molar-refractivity contribution < 1.29 is 13.3 Å². The van der Waals surface area contributed by atoms with Gasteiger partial charge in [-0.25, -0.2) is 13.4 Å². The van der Waals surface area contributed by atoms with Gasteiger partial charge in [0.2, 0.25) is 10.0 Å². The smallest absolute Gasteiger partial charge is 0.243 e. The van der Waals surface area contributed by atoms with Gasteiger partial charge in [0.15, 0.2) is 0 Å². The minimum atomic E-state index is -3.39. The summed E-state index contributed by atoms with van der Waals surface area (Å²) < 4.78 is 28.4. The average molecular weight is 389 g/mol. The van der Waals surface area contributed by atoms with Crippen LogP contribution in [0.3, 0.4) is 0 Å². The molecule has 0 bridgehead atoms. The van der Waals surface area contributed by atoms with Crippen LogP contribution in [0.4, 0.5) is 0 Å². The highest BCUT2D eigenvalue weighted by Crippen LogP contribution is 2.21. The number of para-hydroxylation sites is 1. The summed E-state index contributed by atoms with van der Waals surface area (Å²) in [7, 11) is -3.39. The van der Waals surface area contributed by atoms with Crippen LogP contribution < -0.4 is 4.90 Å². The van der Waals surface area contributed by atoms with Crippen molar-refractivity contribution in [2.24, 2.45) is 0 Å². The molecule has 136 valence electrons. The molecule has 1 aliphatic heterocycles. The Bertz CT molecular complexity index is 972. The molecule has 0 atom stereocenters. The number of thiazole rings is 1. The highest BCUT2D eigenvalue weighted by atomic mass is 32.2. The molecule has 4 rings (SSSR count). The summed E-state index contributed by atoms with van der Waals surface area (Å²) in [6, 6.07) is 15.3. The third kappa shape index (κ3) is 3.53. The molecule has 1 saturated heterocycles. The molecule has 1 aliphatic rings. The summed E-state index contributed by atoms with van der Waals surface area (Å²) in [5, 5.41) is 1.12. The van der Waals surface area contributed by atoms with Crippen molar-refractivity contribution in [1.82, 2.24) is 9.29 Å². The van der Waals surface area contributed by atoms with E-state index < -0.39 is 10.0 Å². The molecule has 26 heavy (non-hydrogen) atoms. The minimum Gasteiger partial charge on any atom is -0.327 e. The van der Waals surface area contributed by atoms with Gasteiger partial charge in [0.05, 0.1) is 41.3 Å². The predicted molar refractivity (Wildman–Crippen MR) is 104 cm³/mol. The number of piperazine rings is 1. The van der Waals surface area contributed by atoms with Crippen LogP contribution in [-0.4, -0.2) is 43.9 Å². The van der Waals surface area contributed by atoms with Crippen LogP contribution in [0.5, 0.6) is 0 Å². The molecule has 0 amide bonds. The van der Waals surface area contributed by atoms with Gasteiger partial charge in [0.1, 0.15) is 11.6 Å². The standard InChI is InChI=1S/C19H21N3O2S2/c1-15-6-8-16(9-7-15)26(23,24)22-12-10-21(11-13-22)14-19-20-17-4-2-3-5-18(17)25-19/h2-9H,10-14H2,1H3/p+1. The number of nitrogens with zero attached hydrogens (tertiary/aromatic N) is 2. The second-order valence-electron chi connectivity index (χ2n) is 6.72. The number of quaternary nitrogens is 1. The second-order valence-corrected chi connectivity index (χ2v) is 9.77. The molecule has 3 aromatic rings. The van der Waals surface area contributed by atoms with Crippen LogP contribution in [0.15, 0.2) is 53.4 Å². The lowest BCUT2D eigenvalue weighted by Gasteiger charge is -2.31. The maximum Gasteiger partial charge on any atom is 0.243 e. The normalized spacial score (nSPS) is 17.0. The molecule has 1 N–H and O–H groups in total. The van der Waals surface area contributed by atoms with Crippen molar-refractivity contribution in [3.63, 3.8) is 0 Å². The van der Waals surface area contributed by atoms with Crippen LogP contribution >= 0.6 is 11.3 Å². The third-order valence-electron chi connectivity index (χ3n) is 4.83. The van der Waals surface area contributed by atoms with Gasteiger partial charge in [-0.15, -0.1) is 11.3 Å². The van der Waals surface area contributed by atoms with Gasteiger partial charge in [0.25, 0.3) is 0 Å². The minimum absolute atomic E-state index is 0.387. The Hall–Kier alpha value is -1.80. The number of hydrogen-bond acceptors (Lipinski definition) is 4. The highest BCUT2D eigenvalue weighted by molar-refractivity contribution is 7.89. The Morgan fingerprint density at radius 3 is 2.46 bits per heavy atom. The fourth-order valence-corrected chi connectivity index (χ4v) is 5.77. The number of benzene rings is 2. The Labute approximate surface area is 157 Å². The number of hydrogen-bond donors (Lipinski definition) is 1. The molecular weight excluding hydrogens is 366 g/mol. The van der Waals surface area contributed by atoms with Gasteiger partial charge in [-0.3, -0.25) is 0 Å². The van der Waals surface area contributed by atoms with Gasteiger partial charge in [0, 0.05) is 0 Å². The van der Waals surface area contributed by atoms with E-state index in [2.05, 4.69) is 6.07 Å². The van der Waals surface area contributed by atoms with E-state index in [0.29, 0.717) is 18.0 Å². The van der Waals surface area contributed by atoms with Crippen molar-refractivity contribution in [3.8, 4) is 0 Å². The molecule has 0 aliphatic carbocycles. The zero-order chi connectivity index (χ0) is 18.1. The number of nitrogens with one attached hydrogen (secondary N) is 1. The van der Waals surface area contributed by atoms with Gasteiger partial charge < -0.3 is 4.90 Å². The summed E-state index contributed by atoms with van der Waals surface area (Å²) in [6.07, 6.45) is 0.